The molecule has 1 aromatic carbocycles. The Morgan fingerprint density at radius 1 is 1.21 bits per heavy atom. The first-order valence-electron chi connectivity index (χ1n) is 9.45. The molecular formula is C21H25N3O4. The molecule has 1 aromatic heterocycles. The van der Waals surface area contributed by atoms with E-state index in [1.165, 1.54) is 0 Å². The summed E-state index contributed by atoms with van der Waals surface area (Å²) in [6.45, 7) is 6.43. The summed E-state index contributed by atoms with van der Waals surface area (Å²) in [6, 6.07) is 9.03. The van der Waals surface area contributed by atoms with Gasteiger partial charge >= 0.3 is 5.97 Å². The largest absolute Gasteiger partial charge is 0.462 e. The average molecular weight is 383 g/mol. The van der Waals surface area contributed by atoms with Gasteiger partial charge in [-0.2, -0.15) is 0 Å². The number of aryl methyl sites for hydroxylation is 1. The zero-order valence-electron chi connectivity index (χ0n) is 16.4. The zero-order valence-corrected chi connectivity index (χ0v) is 16.4. The molecule has 0 atom stereocenters. The highest BCUT2D eigenvalue weighted by molar-refractivity contribution is 6.02. The minimum atomic E-state index is -0.389. The van der Waals surface area contributed by atoms with Crippen LogP contribution in [0.1, 0.15) is 41.5 Å². The fraction of sp³-hybridized carbons (Fsp3) is 0.381. The molecule has 148 valence electrons. The Bertz CT molecular complexity index is 916. The molecule has 28 heavy (non-hydrogen) atoms. The number of rotatable bonds is 6. The Kier molecular flexibility index (Phi) is 5.82. The molecule has 2 heterocycles. The fourth-order valence-corrected chi connectivity index (χ4v) is 3.51. The summed E-state index contributed by atoms with van der Waals surface area (Å²) in [4.78, 5) is 38.5. The maximum Gasteiger partial charge on any atom is 0.339 e. The van der Waals surface area contributed by atoms with Crippen LogP contribution in [0.2, 0.25) is 0 Å². The number of benzene rings is 1. The number of amides is 2. The Balaban J connectivity index is 1.77. The van der Waals surface area contributed by atoms with Gasteiger partial charge in [-0.05, 0) is 45.4 Å². The van der Waals surface area contributed by atoms with Crippen molar-refractivity contribution in [2.45, 2.75) is 40.2 Å². The normalized spacial score (nSPS) is 13.7. The summed E-state index contributed by atoms with van der Waals surface area (Å²) in [6.07, 6.45) is 1.35. The van der Waals surface area contributed by atoms with Gasteiger partial charge in [-0.25, -0.2) is 4.79 Å². The van der Waals surface area contributed by atoms with Gasteiger partial charge < -0.3 is 19.5 Å². The fourth-order valence-electron chi connectivity index (χ4n) is 3.51. The third-order valence-electron chi connectivity index (χ3n) is 4.91. The molecule has 7 heteroatoms. The topological polar surface area (TPSA) is 80.6 Å². The molecule has 1 N–H and O–H groups in total. The van der Waals surface area contributed by atoms with Crippen LogP contribution in [0.25, 0.3) is 0 Å². The van der Waals surface area contributed by atoms with Crippen LogP contribution in [-0.4, -0.2) is 35.5 Å². The molecule has 7 nitrogen and oxygen atoms in total. The van der Waals surface area contributed by atoms with E-state index in [0.717, 1.165) is 12.1 Å². The molecule has 0 saturated carbocycles. The van der Waals surface area contributed by atoms with E-state index in [0.29, 0.717) is 42.2 Å². The molecule has 1 aliphatic heterocycles. The number of hydrogen-bond donors (Lipinski definition) is 1. The summed E-state index contributed by atoms with van der Waals surface area (Å²) >= 11 is 0. The number of ether oxygens (including phenoxy) is 1. The third-order valence-corrected chi connectivity index (χ3v) is 4.91. The lowest BCUT2D eigenvalue weighted by Crippen LogP contribution is -2.26. The number of esters is 1. The van der Waals surface area contributed by atoms with Crippen molar-refractivity contribution in [2.75, 3.05) is 23.4 Å². The van der Waals surface area contributed by atoms with Crippen molar-refractivity contribution in [3.8, 4) is 0 Å². The number of hydrogen-bond acceptors (Lipinski definition) is 4. The lowest BCUT2D eigenvalue weighted by atomic mass is 10.2. The van der Waals surface area contributed by atoms with Gasteiger partial charge in [0.25, 0.3) is 0 Å². The standard InChI is InChI=1S/C21H25N3O4/c1-4-28-21(27)16-12-14(2)24(15(16)3)13-19(25)22-17-8-5-6-9-18(17)23-11-7-10-20(23)26/h5-6,8-9,12H,4,7,10-11,13H2,1-3H3,(H,22,25). The quantitative estimate of drug-likeness (QED) is 0.778. The molecule has 0 spiro atoms. The minimum absolute atomic E-state index is 0.0675. The van der Waals surface area contributed by atoms with Crippen LogP contribution in [0.3, 0.4) is 0 Å². The Labute approximate surface area is 164 Å². The Morgan fingerprint density at radius 3 is 2.64 bits per heavy atom. The van der Waals surface area contributed by atoms with Gasteiger partial charge in [-0.1, -0.05) is 12.1 Å². The lowest BCUT2D eigenvalue weighted by molar-refractivity contribution is -0.117. The van der Waals surface area contributed by atoms with Crippen LogP contribution >= 0.6 is 0 Å². The van der Waals surface area contributed by atoms with Crippen LogP contribution in [0.5, 0.6) is 0 Å². The van der Waals surface area contributed by atoms with Gasteiger partial charge in [-0.15, -0.1) is 0 Å². The van der Waals surface area contributed by atoms with Crippen molar-refractivity contribution in [2.24, 2.45) is 0 Å². The monoisotopic (exact) mass is 383 g/mol. The summed E-state index contributed by atoms with van der Waals surface area (Å²) in [5.41, 5.74) is 3.28. The number of aromatic nitrogens is 1. The molecule has 1 aliphatic rings. The van der Waals surface area contributed by atoms with Crippen LogP contribution in [0.4, 0.5) is 11.4 Å². The molecule has 1 fully saturated rings. The third kappa shape index (κ3) is 3.93. The van der Waals surface area contributed by atoms with E-state index in [4.69, 9.17) is 4.74 Å². The van der Waals surface area contributed by atoms with E-state index in [-0.39, 0.29) is 24.3 Å². The van der Waals surface area contributed by atoms with Crippen molar-refractivity contribution >= 4 is 29.2 Å². The van der Waals surface area contributed by atoms with E-state index >= 15 is 0 Å². The smallest absolute Gasteiger partial charge is 0.339 e. The van der Waals surface area contributed by atoms with Crippen molar-refractivity contribution in [3.63, 3.8) is 0 Å². The van der Waals surface area contributed by atoms with Gasteiger partial charge in [0.2, 0.25) is 11.8 Å². The SMILES string of the molecule is CCOC(=O)c1cc(C)n(CC(=O)Nc2ccccc2N2CCCC2=O)c1C. The van der Waals surface area contributed by atoms with Crippen LogP contribution in [-0.2, 0) is 20.9 Å². The first-order chi connectivity index (χ1) is 13.4. The van der Waals surface area contributed by atoms with Crippen molar-refractivity contribution in [3.05, 3.63) is 47.3 Å². The number of carbonyl (C=O) groups is 3. The maximum absolute atomic E-state index is 12.7. The predicted octanol–water partition coefficient (Wildman–Crippen LogP) is 3.05. The van der Waals surface area contributed by atoms with Gasteiger partial charge in [0.1, 0.15) is 6.54 Å². The van der Waals surface area contributed by atoms with Crippen molar-refractivity contribution in [1.29, 1.82) is 0 Å². The van der Waals surface area contributed by atoms with Crippen LogP contribution in [0, 0.1) is 13.8 Å². The van der Waals surface area contributed by atoms with Gasteiger partial charge in [0.05, 0.1) is 23.5 Å². The van der Waals surface area contributed by atoms with E-state index < -0.39 is 0 Å². The van der Waals surface area contributed by atoms with E-state index in [1.54, 1.807) is 35.4 Å². The highest BCUT2D eigenvalue weighted by Gasteiger charge is 2.24. The van der Waals surface area contributed by atoms with Gasteiger partial charge in [-0.3, -0.25) is 9.59 Å². The van der Waals surface area contributed by atoms with E-state index in [9.17, 15) is 14.4 Å². The number of nitrogens with zero attached hydrogens (tertiary/aromatic N) is 2. The Hall–Kier alpha value is -3.09. The number of anilines is 2. The number of nitrogens with one attached hydrogen (secondary N) is 1. The van der Waals surface area contributed by atoms with Gasteiger partial charge in [0, 0.05) is 24.4 Å². The number of carbonyl (C=O) groups excluding carboxylic acids is 3. The first kappa shape index (κ1) is 19.7. The van der Waals surface area contributed by atoms with Gasteiger partial charge in [0.15, 0.2) is 0 Å². The Morgan fingerprint density at radius 2 is 1.96 bits per heavy atom. The van der Waals surface area contributed by atoms with Crippen LogP contribution in [0.15, 0.2) is 30.3 Å². The number of para-hydroxylation sites is 2. The molecular weight excluding hydrogens is 358 g/mol. The lowest BCUT2D eigenvalue weighted by Gasteiger charge is -2.20. The molecule has 3 rings (SSSR count). The van der Waals surface area contributed by atoms with Crippen LogP contribution < -0.4 is 10.2 Å². The summed E-state index contributed by atoms with van der Waals surface area (Å²) in [7, 11) is 0. The minimum Gasteiger partial charge on any atom is -0.462 e. The summed E-state index contributed by atoms with van der Waals surface area (Å²) < 4.78 is 6.85. The molecule has 0 unspecified atom stereocenters. The van der Waals surface area contributed by atoms with Crippen molar-refractivity contribution < 1.29 is 19.1 Å². The molecule has 1 saturated heterocycles. The first-order valence-corrected chi connectivity index (χ1v) is 9.45. The molecule has 0 radical (unpaired) electrons. The second-order valence-corrected chi connectivity index (χ2v) is 6.81. The zero-order chi connectivity index (χ0) is 20.3. The van der Waals surface area contributed by atoms with E-state index in [1.807, 2.05) is 25.1 Å². The average Bonchev–Trinajstić information content (AvgIpc) is 3.20. The van der Waals surface area contributed by atoms with E-state index in [2.05, 4.69) is 5.32 Å². The predicted molar refractivity (Wildman–Crippen MR) is 107 cm³/mol. The van der Waals surface area contributed by atoms with Crippen molar-refractivity contribution in [1.82, 2.24) is 4.57 Å². The molecule has 2 amide bonds. The highest BCUT2D eigenvalue weighted by Crippen LogP contribution is 2.29. The maximum atomic E-state index is 12.7. The second kappa shape index (κ2) is 8.29. The highest BCUT2D eigenvalue weighted by atomic mass is 16.5. The second-order valence-electron chi connectivity index (χ2n) is 6.81. The molecule has 0 aliphatic carbocycles. The summed E-state index contributed by atoms with van der Waals surface area (Å²) in [5, 5.41) is 2.90. The summed E-state index contributed by atoms with van der Waals surface area (Å²) in [5.74, 6) is -0.547. The molecule has 2 aromatic rings. The molecule has 0 bridgehead atoms.